The smallest absolute Gasteiger partial charge is 0.0621 e. The van der Waals surface area contributed by atoms with Crippen molar-refractivity contribution < 1.29 is 5.11 Å². The first-order valence-corrected chi connectivity index (χ1v) is 7.63. The molecule has 118 valence electrons. The van der Waals surface area contributed by atoms with Crippen molar-refractivity contribution >= 4 is 11.4 Å². The molecular formula is C19H26N2O. The third-order valence-electron chi connectivity index (χ3n) is 4.02. The van der Waals surface area contributed by atoms with Gasteiger partial charge in [-0.15, -0.1) is 0 Å². The van der Waals surface area contributed by atoms with Crippen molar-refractivity contribution in [2.45, 2.75) is 18.9 Å². The summed E-state index contributed by atoms with van der Waals surface area (Å²) < 4.78 is 0. The normalized spacial score (nSPS) is 12.3. The summed E-state index contributed by atoms with van der Waals surface area (Å²) in [4.78, 5) is 4.15. The minimum absolute atomic E-state index is 0.00701. The van der Waals surface area contributed by atoms with Crippen LogP contribution in [0.1, 0.15) is 24.0 Å². The largest absolute Gasteiger partial charge is 0.392 e. The molecule has 0 aliphatic heterocycles. The molecule has 0 amide bonds. The van der Waals surface area contributed by atoms with Gasteiger partial charge in [-0.3, -0.25) is 0 Å². The molecule has 0 bridgehead atoms. The molecule has 0 aromatic heterocycles. The molecule has 3 heteroatoms. The van der Waals surface area contributed by atoms with E-state index in [4.69, 9.17) is 0 Å². The molecule has 1 unspecified atom stereocenters. The SMILES string of the molecule is CC(O)C(c1ccc(N(C)C)cc1)c1ccc(N(C)C)cc1. The van der Waals surface area contributed by atoms with Crippen LogP contribution in [0, 0.1) is 0 Å². The number of aliphatic hydroxyl groups is 1. The van der Waals surface area contributed by atoms with Crippen LogP contribution in [0.5, 0.6) is 0 Å². The van der Waals surface area contributed by atoms with E-state index in [9.17, 15) is 5.11 Å². The molecule has 0 saturated heterocycles. The van der Waals surface area contributed by atoms with Gasteiger partial charge in [-0.1, -0.05) is 24.3 Å². The summed E-state index contributed by atoms with van der Waals surface area (Å²) in [6.07, 6.45) is -0.435. The molecular weight excluding hydrogens is 272 g/mol. The minimum Gasteiger partial charge on any atom is -0.392 e. The third kappa shape index (κ3) is 3.60. The lowest BCUT2D eigenvalue weighted by molar-refractivity contribution is 0.176. The Kier molecular flexibility index (Phi) is 5.09. The van der Waals surface area contributed by atoms with Crippen molar-refractivity contribution in [1.82, 2.24) is 0 Å². The van der Waals surface area contributed by atoms with Crippen molar-refractivity contribution in [1.29, 1.82) is 0 Å². The van der Waals surface area contributed by atoms with Crippen LogP contribution < -0.4 is 9.80 Å². The van der Waals surface area contributed by atoms with Gasteiger partial charge < -0.3 is 14.9 Å². The van der Waals surface area contributed by atoms with Gasteiger partial charge in [0.15, 0.2) is 0 Å². The van der Waals surface area contributed by atoms with E-state index in [-0.39, 0.29) is 5.92 Å². The summed E-state index contributed by atoms with van der Waals surface area (Å²) in [5.74, 6) is -0.00701. The summed E-state index contributed by atoms with van der Waals surface area (Å²) in [7, 11) is 8.12. The molecule has 0 fully saturated rings. The van der Waals surface area contributed by atoms with E-state index in [2.05, 4.69) is 58.3 Å². The predicted octanol–water partition coefficient (Wildman–Crippen LogP) is 3.33. The van der Waals surface area contributed by atoms with Crippen LogP contribution in [0.3, 0.4) is 0 Å². The number of benzene rings is 2. The number of rotatable bonds is 5. The molecule has 0 radical (unpaired) electrons. The van der Waals surface area contributed by atoms with Gasteiger partial charge in [-0.2, -0.15) is 0 Å². The van der Waals surface area contributed by atoms with Crippen LogP contribution in [0.2, 0.25) is 0 Å². The molecule has 1 N–H and O–H groups in total. The van der Waals surface area contributed by atoms with Gasteiger partial charge in [0, 0.05) is 45.5 Å². The zero-order valence-corrected chi connectivity index (χ0v) is 14.1. The Labute approximate surface area is 133 Å². The van der Waals surface area contributed by atoms with E-state index in [0.717, 1.165) is 22.5 Å². The quantitative estimate of drug-likeness (QED) is 0.917. The zero-order valence-electron chi connectivity index (χ0n) is 14.1. The van der Waals surface area contributed by atoms with Crippen LogP contribution in [-0.2, 0) is 0 Å². The van der Waals surface area contributed by atoms with Gasteiger partial charge in [0.1, 0.15) is 0 Å². The summed E-state index contributed by atoms with van der Waals surface area (Å²) in [6.45, 7) is 1.85. The topological polar surface area (TPSA) is 26.7 Å². The maximum absolute atomic E-state index is 10.3. The highest BCUT2D eigenvalue weighted by Crippen LogP contribution is 2.30. The number of hydrogen-bond donors (Lipinski definition) is 1. The van der Waals surface area contributed by atoms with Crippen molar-refractivity contribution in [2.75, 3.05) is 38.0 Å². The summed E-state index contributed by atoms with van der Waals surface area (Å²) >= 11 is 0. The van der Waals surface area contributed by atoms with Crippen LogP contribution in [0.15, 0.2) is 48.5 Å². The Balaban J connectivity index is 2.33. The molecule has 2 aromatic carbocycles. The Morgan fingerprint density at radius 1 is 0.682 bits per heavy atom. The monoisotopic (exact) mass is 298 g/mol. The summed E-state index contributed by atoms with van der Waals surface area (Å²) in [6, 6.07) is 16.8. The lowest BCUT2D eigenvalue weighted by atomic mass is 9.87. The maximum Gasteiger partial charge on any atom is 0.0621 e. The van der Waals surface area contributed by atoms with Crippen molar-refractivity contribution in [3.8, 4) is 0 Å². The first-order valence-electron chi connectivity index (χ1n) is 7.63. The van der Waals surface area contributed by atoms with Crippen LogP contribution in [0.25, 0.3) is 0 Å². The molecule has 22 heavy (non-hydrogen) atoms. The van der Waals surface area contributed by atoms with Crippen molar-refractivity contribution in [2.24, 2.45) is 0 Å². The van der Waals surface area contributed by atoms with Gasteiger partial charge in [0.2, 0.25) is 0 Å². The van der Waals surface area contributed by atoms with Crippen molar-refractivity contribution in [3.63, 3.8) is 0 Å². The van der Waals surface area contributed by atoms with Gasteiger partial charge in [0.05, 0.1) is 6.10 Å². The highest BCUT2D eigenvalue weighted by molar-refractivity contribution is 5.50. The van der Waals surface area contributed by atoms with E-state index >= 15 is 0 Å². The molecule has 0 aliphatic carbocycles. The fraction of sp³-hybridized carbons (Fsp3) is 0.368. The van der Waals surface area contributed by atoms with E-state index in [1.54, 1.807) is 0 Å². The fourth-order valence-electron chi connectivity index (χ4n) is 2.71. The number of nitrogens with zero attached hydrogens (tertiary/aromatic N) is 2. The second kappa shape index (κ2) is 6.84. The highest BCUT2D eigenvalue weighted by atomic mass is 16.3. The van der Waals surface area contributed by atoms with Crippen LogP contribution in [0.4, 0.5) is 11.4 Å². The third-order valence-corrected chi connectivity index (χ3v) is 4.02. The van der Waals surface area contributed by atoms with Crippen LogP contribution >= 0.6 is 0 Å². The maximum atomic E-state index is 10.3. The number of hydrogen-bond acceptors (Lipinski definition) is 3. The second-order valence-corrected chi connectivity index (χ2v) is 6.19. The lowest BCUT2D eigenvalue weighted by Crippen LogP contribution is -2.17. The van der Waals surface area contributed by atoms with E-state index in [0.29, 0.717) is 0 Å². The molecule has 0 aliphatic rings. The Hall–Kier alpha value is -2.00. The van der Waals surface area contributed by atoms with E-state index < -0.39 is 6.10 Å². The first kappa shape index (κ1) is 16.4. The Morgan fingerprint density at radius 2 is 1.00 bits per heavy atom. The van der Waals surface area contributed by atoms with Gasteiger partial charge in [-0.25, -0.2) is 0 Å². The molecule has 2 aromatic rings. The lowest BCUT2D eigenvalue weighted by Gasteiger charge is -2.23. The molecule has 3 nitrogen and oxygen atoms in total. The minimum atomic E-state index is -0.435. The van der Waals surface area contributed by atoms with E-state index in [1.807, 2.05) is 35.1 Å². The second-order valence-electron chi connectivity index (χ2n) is 6.19. The molecule has 1 atom stereocenters. The van der Waals surface area contributed by atoms with Gasteiger partial charge in [-0.05, 0) is 42.3 Å². The summed E-state index contributed by atoms with van der Waals surface area (Å²) in [5, 5.41) is 10.3. The standard InChI is InChI=1S/C19H26N2O/c1-14(22)19(15-6-10-17(11-7-15)20(2)3)16-8-12-18(13-9-16)21(4)5/h6-14,19,22H,1-5H3. The highest BCUT2D eigenvalue weighted by Gasteiger charge is 2.19. The zero-order chi connectivity index (χ0) is 16.3. The van der Waals surface area contributed by atoms with Gasteiger partial charge >= 0.3 is 0 Å². The summed E-state index contributed by atoms with van der Waals surface area (Å²) in [5.41, 5.74) is 4.60. The molecule has 2 rings (SSSR count). The van der Waals surface area contributed by atoms with Crippen LogP contribution in [-0.4, -0.2) is 39.4 Å². The fourth-order valence-corrected chi connectivity index (χ4v) is 2.71. The molecule has 0 spiro atoms. The predicted molar refractivity (Wildman–Crippen MR) is 95.1 cm³/mol. The van der Waals surface area contributed by atoms with E-state index in [1.165, 1.54) is 0 Å². The van der Waals surface area contributed by atoms with Crippen molar-refractivity contribution in [3.05, 3.63) is 59.7 Å². The van der Waals surface area contributed by atoms with Gasteiger partial charge in [0.25, 0.3) is 0 Å². The average Bonchev–Trinajstić information content (AvgIpc) is 2.48. The first-order chi connectivity index (χ1) is 10.4. The Bertz CT molecular complexity index is 534. The number of aliphatic hydroxyl groups excluding tert-OH is 1. The molecule has 0 heterocycles. The molecule has 0 saturated carbocycles. The average molecular weight is 298 g/mol. The Morgan fingerprint density at radius 3 is 1.23 bits per heavy atom. The number of anilines is 2.